The van der Waals surface area contributed by atoms with Crippen LogP contribution in [0.3, 0.4) is 0 Å². The number of aliphatic hydroxyl groups excluding tert-OH is 1. The van der Waals surface area contributed by atoms with Crippen molar-refractivity contribution in [3.8, 4) is 0 Å². The normalized spacial score (nSPS) is 41.4. The van der Waals surface area contributed by atoms with E-state index >= 15 is 0 Å². The number of hydrogen-bond donors (Lipinski definition) is 2. The van der Waals surface area contributed by atoms with Gasteiger partial charge in [0, 0.05) is 18.3 Å². The standard InChI is InChI=1S/C33H52O5/c1-19(2)20(3)10-11-22(29(36)37)28-25(35)18-33(9)24-12-13-26-30(5,6)27(38-21(4)34)15-16-31(26,7)23(24)14-17-32(28,33)8/h20,22,25-28,35H,1,10-18H2,2-9H3,(H,36,37)/t20-,22+,25+,26-,27-,28-,31+,32+,33-/m0/s1. The van der Waals surface area contributed by atoms with Crippen LogP contribution < -0.4 is 0 Å². The molecule has 5 heteroatoms. The Labute approximate surface area is 230 Å². The van der Waals surface area contributed by atoms with Gasteiger partial charge < -0.3 is 14.9 Å². The zero-order chi connectivity index (χ0) is 28.4. The minimum absolute atomic E-state index is 0.0459. The second-order valence-electron chi connectivity index (χ2n) is 14.7. The first-order valence-corrected chi connectivity index (χ1v) is 15.0. The summed E-state index contributed by atoms with van der Waals surface area (Å²) in [5.74, 6) is -1.06. The predicted octanol–water partition coefficient (Wildman–Crippen LogP) is 7.33. The Kier molecular flexibility index (Phi) is 7.56. The summed E-state index contributed by atoms with van der Waals surface area (Å²) in [6.45, 7) is 21.3. The van der Waals surface area contributed by atoms with E-state index in [4.69, 9.17) is 4.74 Å². The van der Waals surface area contributed by atoms with Crippen molar-refractivity contribution in [3.05, 3.63) is 23.3 Å². The molecule has 0 unspecified atom stereocenters. The van der Waals surface area contributed by atoms with Crippen LogP contribution in [0.5, 0.6) is 0 Å². The lowest BCUT2D eigenvalue weighted by molar-refractivity contribution is -0.167. The summed E-state index contributed by atoms with van der Waals surface area (Å²) in [5.41, 5.74) is 3.64. The van der Waals surface area contributed by atoms with Gasteiger partial charge in [-0.05, 0) is 92.8 Å². The zero-order valence-corrected chi connectivity index (χ0v) is 25.2. The quantitative estimate of drug-likeness (QED) is 0.267. The van der Waals surface area contributed by atoms with E-state index in [2.05, 4.69) is 48.1 Å². The zero-order valence-electron chi connectivity index (χ0n) is 25.2. The van der Waals surface area contributed by atoms with E-state index in [1.54, 1.807) is 5.57 Å². The largest absolute Gasteiger partial charge is 0.481 e. The summed E-state index contributed by atoms with van der Waals surface area (Å²) in [6, 6.07) is 0. The highest BCUT2D eigenvalue weighted by molar-refractivity contribution is 5.71. The van der Waals surface area contributed by atoms with Crippen LogP contribution in [0.4, 0.5) is 0 Å². The van der Waals surface area contributed by atoms with Crippen molar-refractivity contribution in [3.63, 3.8) is 0 Å². The molecule has 4 aliphatic rings. The maximum atomic E-state index is 12.7. The third-order valence-electron chi connectivity index (χ3n) is 12.6. The van der Waals surface area contributed by atoms with Gasteiger partial charge in [-0.3, -0.25) is 9.59 Å². The van der Waals surface area contributed by atoms with Gasteiger partial charge in [0.2, 0.25) is 0 Å². The Morgan fingerprint density at radius 3 is 2.26 bits per heavy atom. The molecular weight excluding hydrogens is 476 g/mol. The number of hydrogen-bond acceptors (Lipinski definition) is 4. The molecular formula is C33H52O5. The number of ether oxygens (including phenoxy) is 1. The Hall–Kier alpha value is -1.62. The Bertz CT molecular complexity index is 1020. The number of fused-ring (bicyclic) bond motifs is 4. The summed E-state index contributed by atoms with van der Waals surface area (Å²) in [6.07, 6.45) is 7.15. The average molecular weight is 529 g/mol. The van der Waals surface area contributed by atoms with E-state index < -0.39 is 18.0 Å². The van der Waals surface area contributed by atoms with E-state index in [0.29, 0.717) is 18.8 Å². The number of carbonyl (C=O) groups excluding carboxylic acids is 1. The van der Waals surface area contributed by atoms with Crippen molar-refractivity contribution in [1.82, 2.24) is 0 Å². The molecule has 2 fully saturated rings. The highest BCUT2D eigenvalue weighted by atomic mass is 16.5. The molecule has 0 aromatic carbocycles. The number of esters is 1. The van der Waals surface area contributed by atoms with Crippen molar-refractivity contribution >= 4 is 11.9 Å². The van der Waals surface area contributed by atoms with Gasteiger partial charge in [0.05, 0.1) is 12.0 Å². The molecule has 2 saturated carbocycles. The molecule has 5 nitrogen and oxygen atoms in total. The lowest BCUT2D eigenvalue weighted by Gasteiger charge is -2.62. The molecule has 38 heavy (non-hydrogen) atoms. The number of rotatable bonds is 7. The average Bonchev–Trinajstić information content (AvgIpc) is 3.01. The molecule has 0 heterocycles. The monoisotopic (exact) mass is 528 g/mol. The predicted molar refractivity (Wildman–Crippen MR) is 150 cm³/mol. The summed E-state index contributed by atoms with van der Waals surface area (Å²) in [5, 5.41) is 22.0. The van der Waals surface area contributed by atoms with Crippen molar-refractivity contribution in [2.45, 2.75) is 125 Å². The number of carbonyl (C=O) groups is 2. The van der Waals surface area contributed by atoms with E-state index in [-0.39, 0.29) is 45.6 Å². The SMILES string of the molecule is C=C(C)[C@@H](C)CC[C@@H](C(=O)O)[C@H]1[C@H](O)C[C@@]2(C)C3=C(CC[C@]12C)[C@@]1(C)CC[C@H](OC(C)=O)C(C)(C)[C@@H]1CC3. The van der Waals surface area contributed by atoms with Gasteiger partial charge in [-0.2, -0.15) is 0 Å². The molecule has 0 amide bonds. The van der Waals surface area contributed by atoms with E-state index in [1.807, 2.05) is 6.92 Å². The first-order chi connectivity index (χ1) is 17.5. The highest BCUT2D eigenvalue weighted by Gasteiger charge is 2.66. The van der Waals surface area contributed by atoms with E-state index in [0.717, 1.165) is 50.5 Å². The third-order valence-corrected chi connectivity index (χ3v) is 12.6. The van der Waals surface area contributed by atoms with Crippen molar-refractivity contribution < 1.29 is 24.5 Å². The van der Waals surface area contributed by atoms with Gasteiger partial charge in [-0.15, -0.1) is 0 Å². The molecule has 2 N–H and O–H groups in total. The highest BCUT2D eigenvalue weighted by Crippen LogP contribution is 2.72. The van der Waals surface area contributed by atoms with Gasteiger partial charge in [0.15, 0.2) is 0 Å². The first kappa shape index (κ1) is 29.4. The lowest BCUT2D eigenvalue weighted by Crippen LogP contribution is -2.56. The molecule has 0 aromatic heterocycles. The van der Waals surface area contributed by atoms with Crippen LogP contribution in [-0.2, 0) is 14.3 Å². The van der Waals surface area contributed by atoms with Gasteiger partial charge in [-0.1, -0.05) is 64.8 Å². The fourth-order valence-corrected chi connectivity index (χ4v) is 10.0. The van der Waals surface area contributed by atoms with Crippen LogP contribution in [0, 0.1) is 45.3 Å². The Balaban J connectivity index is 1.69. The van der Waals surface area contributed by atoms with Crippen LogP contribution in [0.25, 0.3) is 0 Å². The summed E-state index contributed by atoms with van der Waals surface area (Å²) >= 11 is 0. The maximum absolute atomic E-state index is 12.7. The van der Waals surface area contributed by atoms with Crippen LogP contribution in [0.1, 0.15) is 113 Å². The minimum atomic E-state index is -0.769. The summed E-state index contributed by atoms with van der Waals surface area (Å²) in [7, 11) is 0. The van der Waals surface area contributed by atoms with Crippen LogP contribution in [0.15, 0.2) is 23.3 Å². The van der Waals surface area contributed by atoms with Gasteiger partial charge in [0.1, 0.15) is 6.10 Å². The summed E-state index contributed by atoms with van der Waals surface area (Å²) < 4.78 is 5.82. The third kappa shape index (κ3) is 4.30. The van der Waals surface area contributed by atoms with E-state index in [9.17, 15) is 19.8 Å². The topological polar surface area (TPSA) is 83.8 Å². The van der Waals surface area contributed by atoms with Crippen molar-refractivity contribution in [2.24, 2.45) is 45.3 Å². The molecule has 0 aliphatic heterocycles. The summed E-state index contributed by atoms with van der Waals surface area (Å²) in [4.78, 5) is 24.5. The van der Waals surface area contributed by atoms with Crippen LogP contribution in [0.2, 0.25) is 0 Å². The number of aliphatic hydroxyl groups is 1. The van der Waals surface area contributed by atoms with Crippen molar-refractivity contribution in [1.29, 1.82) is 0 Å². The second kappa shape index (κ2) is 9.78. The fraction of sp³-hybridized carbons (Fsp3) is 0.818. The van der Waals surface area contributed by atoms with Crippen LogP contribution >= 0.6 is 0 Å². The second-order valence-corrected chi connectivity index (χ2v) is 14.7. The number of allylic oxidation sites excluding steroid dienone is 3. The molecule has 0 spiro atoms. The van der Waals surface area contributed by atoms with Crippen molar-refractivity contribution in [2.75, 3.05) is 0 Å². The molecule has 214 valence electrons. The molecule has 9 atom stereocenters. The first-order valence-electron chi connectivity index (χ1n) is 15.0. The fourth-order valence-electron chi connectivity index (χ4n) is 10.0. The number of carboxylic acid groups (broad SMARTS) is 1. The molecule has 0 aromatic rings. The van der Waals surface area contributed by atoms with Gasteiger partial charge >= 0.3 is 11.9 Å². The maximum Gasteiger partial charge on any atom is 0.306 e. The number of aliphatic carboxylic acids is 1. The molecule has 4 aliphatic carbocycles. The lowest BCUT2D eigenvalue weighted by atomic mass is 9.43. The molecule has 0 bridgehead atoms. The smallest absolute Gasteiger partial charge is 0.306 e. The number of carboxylic acids is 1. The molecule has 4 rings (SSSR count). The minimum Gasteiger partial charge on any atom is -0.481 e. The molecule has 0 saturated heterocycles. The Morgan fingerprint density at radius 2 is 1.68 bits per heavy atom. The molecule has 0 radical (unpaired) electrons. The Morgan fingerprint density at radius 1 is 1.03 bits per heavy atom. The van der Waals surface area contributed by atoms with Gasteiger partial charge in [-0.25, -0.2) is 0 Å². The van der Waals surface area contributed by atoms with E-state index in [1.165, 1.54) is 12.5 Å². The van der Waals surface area contributed by atoms with Gasteiger partial charge in [0.25, 0.3) is 0 Å². The van der Waals surface area contributed by atoms with Crippen LogP contribution in [-0.4, -0.2) is 34.4 Å².